The fourth-order valence-corrected chi connectivity index (χ4v) is 4.28. The maximum atomic E-state index is 12.9. The molecule has 9 heteroatoms. The third-order valence-electron chi connectivity index (χ3n) is 4.11. The van der Waals surface area contributed by atoms with Gasteiger partial charge in [-0.3, -0.25) is 9.52 Å². The highest BCUT2D eigenvalue weighted by molar-refractivity contribution is 7.92. The summed E-state index contributed by atoms with van der Waals surface area (Å²) < 4.78 is 38.8. The number of carbonyl (C=O) groups excluding carboxylic acids is 1. The van der Waals surface area contributed by atoms with Gasteiger partial charge in [0, 0.05) is 5.69 Å². The first-order chi connectivity index (χ1) is 13.7. The van der Waals surface area contributed by atoms with Crippen LogP contribution in [-0.2, 0) is 10.0 Å². The molecule has 29 heavy (non-hydrogen) atoms. The maximum absolute atomic E-state index is 12.9. The molecule has 3 aromatic rings. The smallest absolute Gasteiger partial charge is 0.265 e. The zero-order valence-corrected chi connectivity index (χ0v) is 17.5. The number of rotatable bonds is 6. The zero-order chi connectivity index (χ0) is 21.2. The minimum absolute atomic E-state index is 0.123. The van der Waals surface area contributed by atoms with Gasteiger partial charge in [-0.2, -0.15) is 0 Å². The third kappa shape index (κ3) is 4.55. The number of amides is 1. The Morgan fingerprint density at radius 1 is 1.10 bits per heavy atom. The summed E-state index contributed by atoms with van der Waals surface area (Å²) in [5.74, 6) is 0.793. The minimum Gasteiger partial charge on any atom is -0.495 e. The van der Waals surface area contributed by atoms with E-state index in [1.165, 1.54) is 19.2 Å². The highest BCUT2D eigenvalue weighted by Gasteiger charge is 2.22. The lowest BCUT2D eigenvalue weighted by molar-refractivity contribution is 0.102. The predicted octanol–water partition coefficient (Wildman–Crippen LogP) is 4.61. The lowest BCUT2D eigenvalue weighted by Crippen LogP contribution is -2.16. The zero-order valence-electron chi connectivity index (χ0n) is 15.9. The molecule has 7 nitrogen and oxygen atoms in total. The molecule has 0 saturated heterocycles. The first-order valence-electron chi connectivity index (χ1n) is 8.55. The number of methoxy groups -OCH3 is 1. The molecule has 0 bridgehead atoms. The molecule has 0 fully saturated rings. The standard InChI is InChI=1S/C20H19ClN2O5S/c1-12-10-15(13(2)28-12)20(24)22-14-8-9-18(27-3)19(11-14)29(25,26)23-17-7-5-4-6-16(17)21/h4-11,23H,1-3H3,(H,22,24). The third-order valence-corrected chi connectivity index (χ3v) is 5.83. The topological polar surface area (TPSA) is 97.6 Å². The van der Waals surface area contributed by atoms with Crippen molar-refractivity contribution < 1.29 is 22.4 Å². The van der Waals surface area contributed by atoms with Gasteiger partial charge in [-0.1, -0.05) is 23.7 Å². The van der Waals surface area contributed by atoms with Crippen molar-refractivity contribution in [3.8, 4) is 5.75 Å². The van der Waals surface area contributed by atoms with E-state index in [1.807, 2.05) is 0 Å². The molecule has 1 amide bonds. The van der Waals surface area contributed by atoms with Crippen molar-refractivity contribution in [3.05, 3.63) is 70.6 Å². The highest BCUT2D eigenvalue weighted by Crippen LogP contribution is 2.31. The molecule has 1 heterocycles. The van der Waals surface area contributed by atoms with E-state index in [4.69, 9.17) is 20.8 Å². The van der Waals surface area contributed by atoms with Gasteiger partial charge in [-0.05, 0) is 50.2 Å². The van der Waals surface area contributed by atoms with Crippen molar-refractivity contribution in [3.63, 3.8) is 0 Å². The Morgan fingerprint density at radius 3 is 2.45 bits per heavy atom. The van der Waals surface area contributed by atoms with Gasteiger partial charge < -0.3 is 14.5 Å². The lowest BCUT2D eigenvalue weighted by atomic mass is 10.2. The van der Waals surface area contributed by atoms with Crippen LogP contribution in [0.4, 0.5) is 11.4 Å². The Labute approximate surface area is 173 Å². The van der Waals surface area contributed by atoms with Crippen molar-refractivity contribution in [2.45, 2.75) is 18.7 Å². The largest absolute Gasteiger partial charge is 0.495 e. The van der Waals surface area contributed by atoms with Gasteiger partial charge in [-0.25, -0.2) is 8.42 Å². The van der Waals surface area contributed by atoms with Crippen LogP contribution in [0.2, 0.25) is 5.02 Å². The van der Waals surface area contributed by atoms with Gasteiger partial charge >= 0.3 is 0 Å². The number of para-hydroxylation sites is 1. The molecule has 0 saturated carbocycles. The monoisotopic (exact) mass is 434 g/mol. The van der Waals surface area contributed by atoms with E-state index in [0.29, 0.717) is 17.1 Å². The second-order valence-corrected chi connectivity index (χ2v) is 8.29. The van der Waals surface area contributed by atoms with Crippen LogP contribution in [0.15, 0.2) is 57.8 Å². The van der Waals surface area contributed by atoms with Gasteiger partial charge in [0.1, 0.15) is 22.2 Å². The summed E-state index contributed by atoms with van der Waals surface area (Å²) in [6.45, 7) is 3.42. The summed E-state index contributed by atoms with van der Waals surface area (Å²) in [7, 11) is -2.67. The molecule has 3 rings (SSSR count). The Morgan fingerprint density at radius 2 is 1.83 bits per heavy atom. The number of aryl methyl sites for hydroxylation is 2. The van der Waals surface area contributed by atoms with Crippen LogP contribution in [0.5, 0.6) is 5.75 Å². The summed E-state index contributed by atoms with van der Waals surface area (Å²) in [6, 6.07) is 12.4. The molecule has 2 N–H and O–H groups in total. The van der Waals surface area contributed by atoms with Crippen LogP contribution < -0.4 is 14.8 Å². The molecule has 0 unspecified atom stereocenters. The van der Waals surface area contributed by atoms with Crippen LogP contribution in [0.3, 0.4) is 0 Å². The van der Waals surface area contributed by atoms with E-state index in [1.54, 1.807) is 50.2 Å². The SMILES string of the molecule is COc1ccc(NC(=O)c2cc(C)oc2C)cc1S(=O)(=O)Nc1ccccc1Cl. The first kappa shape index (κ1) is 20.8. The number of anilines is 2. The number of furan rings is 1. The van der Waals surface area contributed by atoms with E-state index < -0.39 is 15.9 Å². The van der Waals surface area contributed by atoms with E-state index in [2.05, 4.69) is 10.0 Å². The van der Waals surface area contributed by atoms with E-state index in [0.717, 1.165) is 0 Å². The van der Waals surface area contributed by atoms with Gasteiger partial charge in [0.25, 0.3) is 15.9 Å². The Bertz CT molecular complexity index is 1170. The Balaban J connectivity index is 1.93. The van der Waals surface area contributed by atoms with Gasteiger partial charge in [0.2, 0.25) is 0 Å². The molecule has 0 aliphatic carbocycles. The van der Waals surface area contributed by atoms with E-state index in [-0.39, 0.29) is 27.0 Å². The number of nitrogens with one attached hydrogen (secondary N) is 2. The van der Waals surface area contributed by atoms with Gasteiger partial charge in [-0.15, -0.1) is 0 Å². The Kier molecular flexibility index (Phi) is 5.86. The molecular weight excluding hydrogens is 416 g/mol. The maximum Gasteiger partial charge on any atom is 0.265 e. The van der Waals surface area contributed by atoms with Crippen LogP contribution in [0.25, 0.3) is 0 Å². The van der Waals surface area contributed by atoms with Crippen LogP contribution in [-0.4, -0.2) is 21.4 Å². The van der Waals surface area contributed by atoms with Crippen molar-refractivity contribution >= 4 is 38.9 Å². The number of sulfonamides is 1. The van der Waals surface area contributed by atoms with E-state index in [9.17, 15) is 13.2 Å². The summed E-state index contributed by atoms with van der Waals surface area (Å²) >= 11 is 6.05. The fourth-order valence-electron chi connectivity index (χ4n) is 2.76. The average Bonchev–Trinajstić information content (AvgIpc) is 3.01. The molecule has 0 spiro atoms. The summed E-state index contributed by atoms with van der Waals surface area (Å²) in [5, 5.41) is 2.93. The molecular formula is C20H19ClN2O5S. The molecule has 0 radical (unpaired) electrons. The number of ether oxygens (including phenoxy) is 1. The van der Waals surface area contributed by atoms with Crippen LogP contribution in [0, 0.1) is 13.8 Å². The molecule has 0 aliphatic heterocycles. The quantitative estimate of drug-likeness (QED) is 0.590. The van der Waals surface area contributed by atoms with Crippen LogP contribution >= 0.6 is 11.6 Å². The normalized spacial score (nSPS) is 11.2. The molecule has 0 atom stereocenters. The second-order valence-electron chi connectivity index (χ2n) is 6.23. The second kappa shape index (κ2) is 8.18. The fraction of sp³-hybridized carbons (Fsp3) is 0.150. The van der Waals surface area contributed by atoms with Crippen molar-refractivity contribution in [2.24, 2.45) is 0 Å². The summed E-state index contributed by atoms with van der Waals surface area (Å²) in [6.07, 6.45) is 0. The van der Waals surface area contributed by atoms with Crippen molar-refractivity contribution in [1.29, 1.82) is 0 Å². The number of halogens is 1. The highest BCUT2D eigenvalue weighted by atomic mass is 35.5. The first-order valence-corrected chi connectivity index (χ1v) is 10.4. The molecule has 2 aromatic carbocycles. The minimum atomic E-state index is -4.03. The number of carbonyl (C=O) groups is 1. The number of hydrogen-bond acceptors (Lipinski definition) is 5. The number of hydrogen-bond donors (Lipinski definition) is 2. The predicted molar refractivity (Wildman–Crippen MR) is 111 cm³/mol. The van der Waals surface area contributed by atoms with Crippen molar-refractivity contribution in [1.82, 2.24) is 0 Å². The van der Waals surface area contributed by atoms with Gasteiger partial charge in [0.15, 0.2) is 0 Å². The van der Waals surface area contributed by atoms with Crippen molar-refractivity contribution in [2.75, 3.05) is 17.1 Å². The summed E-state index contributed by atoms with van der Waals surface area (Å²) in [5.41, 5.74) is 0.889. The van der Waals surface area contributed by atoms with Crippen LogP contribution in [0.1, 0.15) is 21.9 Å². The Hall–Kier alpha value is -2.97. The average molecular weight is 435 g/mol. The molecule has 1 aromatic heterocycles. The van der Waals surface area contributed by atoms with Gasteiger partial charge in [0.05, 0.1) is 23.4 Å². The lowest BCUT2D eigenvalue weighted by Gasteiger charge is -2.14. The summed E-state index contributed by atoms with van der Waals surface area (Å²) in [4.78, 5) is 12.4. The number of benzene rings is 2. The molecule has 0 aliphatic rings. The van der Waals surface area contributed by atoms with E-state index >= 15 is 0 Å². The molecule has 152 valence electrons.